The SMILES string of the molecule is Cc1cc(-n2c3[c-]c(Oc4[c-]c(N5[CH-]N(C)c6ccccc65)ccn4)ccc3c3ccccc32)ncc1-c1ccncc1.[Pt]. The number of hydrogen-bond donors (Lipinski definition) is 0. The van der Waals surface area contributed by atoms with Gasteiger partial charge in [0.15, 0.2) is 0 Å². The summed E-state index contributed by atoms with van der Waals surface area (Å²) in [4.78, 5) is 17.7. The van der Waals surface area contributed by atoms with Crippen molar-refractivity contribution in [3.8, 4) is 28.6 Å². The van der Waals surface area contributed by atoms with E-state index in [4.69, 9.17) is 9.72 Å². The summed E-state index contributed by atoms with van der Waals surface area (Å²) in [5, 5.41) is 2.19. The molecule has 0 saturated heterocycles. The van der Waals surface area contributed by atoms with Crippen LogP contribution in [0.1, 0.15) is 5.56 Å². The van der Waals surface area contributed by atoms with E-state index in [0.717, 1.165) is 61.4 Å². The number of fused-ring (bicyclic) bond motifs is 4. The van der Waals surface area contributed by atoms with Gasteiger partial charge in [-0.15, -0.1) is 17.5 Å². The van der Waals surface area contributed by atoms with Crippen LogP contribution in [0.2, 0.25) is 0 Å². The molecule has 1 aliphatic rings. The summed E-state index contributed by atoms with van der Waals surface area (Å²) in [5.41, 5.74) is 8.25. The third-order valence-electron chi connectivity index (χ3n) is 7.81. The molecule has 8 heteroatoms. The molecule has 0 saturated carbocycles. The second kappa shape index (κ2) is 11.2. The van der Waals surface area contributed by atoms with Gasteiger partial charge in [0.05, 0.1) is 0 Å². The standard InChI is InChI=1S/C36H25N6O.Pt/c1-24-19-35(39-22-30(24)25-13-16-37-17-14-25)42-31-8-4-3-7-28(31)29-12-11-27(21-34(29)42)43-36-20-26(15-18-38-36)41-23-40(2)32-9-5-6-10-33(32)41;/h3-19,22-23H,1-2H3;/q-3;. The zero-order valence-electron chi connectivity index (χ0n) is 23.9. The Labute approximate surface area is 269 Å². The summed E-state index contributed by atoms with van der Waals surface area (Å²) < 4.78 is 8.41. The molecule has 4 aromatic heterocycles. The van der Waals surface area contributed by atoms with Crippen LogP contribution in [0.3, 0.4) is 0 Å². The van der Waals surface area contributed by atoms with Gasteiger partial charge in [-0.3, -0.25) is 9.97 Å². The van der Waals surface area contributed by atoms with Crippen molar-refractivity contribution in [3.63, 3.8) is 0 Å². The molecule has 5 heterocycles. The maximum absolute atomic E-state index is 6.27. The van der Waals surface area contributed by atoms with Gasteiger partial charge in [-0.2, -0.15) is 30.6 Å². The number of rotatable bonds is 5. The zero-order chi connectivity index (χ0) is 28.9. The summed E-state index contributed by atoms with van der Waals surface area (Å²) in [6.07, 6.45) is 7.27. The molecule has 8 rings (SSSR count). The molecule has 0 aliphatic carbocycles. The third kappa shape index (κ3) is 4.70. The topological polar surface area (TPSA) is 59.3 Å². The maximum Gasteiger partial charge on any atom is 0.135 e. The minimum Gasteiger partial charge on any atom is -0.504 e. The van der Waals surface area contributed by atoms with Crippen molar-refractivity contribution in [2.24, 2.45) is 0 Å². The van der Waals surface area contributed by atoms with Crippen molar-refractivity contribution in [3.05, 3.63) is 134 Å². The van der Waals surface area contributed by atoms with E-state index in [1.54, 1.807) is 18.6 Å². The number of aryl methyl sites for hydroxylation is 1. The third-order valence-corrected chi connectivity index (χ3v) is 7.81. The fourth-order valence-corrected chi connectivity index (χ4v) is 5.78. The molecular formula is C36H25N6OPt-3. The first kappa shape index (κ1) is 27.8. The van der Waals surface area contributed by atoms with Gasteiger partial charge in [0.25, 0.3) is 0 Å². The monoisotopic (exact) mass is 752 g/mol. The second-order valence-corrected chi connectivity index (χ2v) is 10.5. The van der Waals surface area contributed by atoms with Gasteiger partial charge in [0.1, 0.15) is 11.7 Å². The Bertz CT molecular complexity index is 2150. The molecular weight excluding hydrogens is 728 g/mol. The molecule has 0 radical (unpaired) electrons. The first-order valence-electron chi connectivity index (χ1n) is 14.0. The predicted molar refractivity (Wildman–Crippen MR) is 170 cm³/mol. The number of para-hydroxylation sites is 3. The summed E-state index contributed by atoms with van der Waals surface area (Å²) >= 11 is 0. The van der Waals surface area contributed by atoms with Crippen LogP contribution in [0.25, 0.3) is 38.8 Å². The Morgan fingerprint density at radius 2 is 1.59 bits per heavy atom. The average molecular weight is 753 g/mol. The number of ether oxygens (including phenoxy) is 1. The number of hydrogen-bond acceptors (Lipinski definition) is 6. The van der Waals surface area contributed by atoms with E-state index in [2.05, 4.69) is 85.9 Å². The average Bonchev–Trinajstić information content (AvgIpc) is 3.56. The Balaban J connectivity index is 0.00000312. The molecule has 0 amide bonds. The molecule has 0 atom stereocenters. The minimum absolute atomic E-state index is 0. The predicted octanol–water partition coefficient (Wildman–Crippen LogP) is 8.04. The maximum atomic E-state index is 6.27. The first-order chi connectivity index (χ1) is 21.1. The van der Waals surface area contributed by atoms with Crippen LogP contribution in [0.5, 0.6) is 11.6 Å². The van der Waals surface area contributed by atoms with Crippen molar-refractivity contribution in [2.75, 3.05) is 16.8 Å². The van der Waals surface area contributed by atoms with E-state index in [9.17, 15) is 0 Å². The fourth-order valence-electron chi connectivity index (χ4n) is 5.78. The molecule has 3 aromatic carbocycles. The van der Waals surface area contributed by atoms with Crippen molar-refractivity contribution in [1.82, 2.24) is 19.5 Å². The summed E-state index contributed by atoms with van der Waals surface area (Å²) in [6, 6.07) is 35.5. The molecule has 1 aliphatic heterocycles. The van der Waals surface area contributed by atoms with Gasteiger partial charge >= 0.3 is 0 Å². The van der Waals surface area contributed by atoms with Crippen LogP contribution in [-0.2, 0) is 21.1 Å². The minimum atomic E-state index is 0. The Morgan fingerprint density at radius 3 is 2.43 bits per heavy atom. The quantitative estimate of drug-likeness (QED) is 0.166. The van der Waals surface area contributed by atoms with Crippen LogP contribution in [-0.4, -0.2) is 26.6 Å². The van der Waals surface area contributed by atoms with Crippen LogP contribution < -0.4 is 14.5 Å². The van der Waals surface area contributed by atoms with Gasteiger partial charge < -0.3 is 19.1 Å². The van der Waals surface area contributed by atoms with Crippen LogP contribution in [0, 0.1) is 25.7 Å². The van der Waals surface area contributed by atoms with Gasteiger partial charge in [0.2, 0.25) is 0 Å². The van der Waals surface area contributed by atoms with Crippen LogP contribution in [0.4, 0.5) is 17.1 Å². The molecule has 7 nitrogen and oxygen atoms in total. The summed E-state index contributed by atoms with van der Waals surface area (Å²) in [7, 11) is 2.03. The van der Waals surface area contributed by atoms with Crippen molar-refractivity contribution < 1.29 is 25.8 Å². The molecule has 218 valence electrons. The van der Waals surface area contributed by atoms with Crippen molar-refractivity contribution >= 4 is 38.9 Å². The van der Waals surface area contributed by atoms with Crippen LogP contribution >= 0.6 is 0 Å². The smallest absolute Gasteiger partial charge is 0.135 e. The van der Waals surface area contributed by atoms with Crippen molar-refractivity contribution in [2.45, 2.75) is 6.92 Å². The van der Waals surface area contributed by atoms with Gasteiger partial charge in [-0.05, 0) is 73.1 Å². The summed E-state index contributed by atoms with van der Waals surface area (Å²) in [6.45, 7) is 4.14. The molecule has 0 bridgehead atoms. The normalized spacial score (nSPS) is 12.4. The number of pyridine rings is 3. The number of anilines is 3. The number of benzene rings is 3. The Morgan fingerprint density at radius 1 is 0.795 bits per heavy atom. The second-order valence-electron chi connectivity index (χ2n) is 10.5. The number of nitrogens with zero attached hydrogens (tertiary/aromatic N) is 6. The molecule has 0 fully saturated rings. The van der Waals surface area contributed by atoms with Gasteiger partial charge in [-0.1, -0.05) is 35.8 Å². The summed E-state index contributed by atoms with van der Waals surface area (Å²) in [5.74, 6) is 1.73. The zero-order valence-corrected chi connectivity index (χ0v) is 26.1. The van der Waals surface area contributed by atoms with Crippen molar-refractivity contribution in [1.29, 1.82) is 0 Å². The Hall–Kier alpha value is -5.00. The van der Waals surface area contributed by atoms with E-state index < -0.39 is 0 Å². The first-order valence-corrected chi connectivity index (χ1v) is 14.0. The molecule has 0 spiro atoms. The van der Waals surface area contributed by atoms with E-state index >= 15 is 0 Å². The fraction of sp³-hybridized carbons (Fsp3) is 0.0556. The molecule has 44 heavy (non-hydrogen) atoms. The Kier molecular flexibility index (Phi) is 7.11. The van der Waals surface area contributed by atoms with E-state index in [0.29, 0.717) is 11.6 Å². The largest absolute Gasteiger partial charge is 0.504 e. The molecule has 0 unspecified atom stereocenters. The molecule has 0 N–H and O–H groups in total. The molecule has 7 aromatic rings. The van der Waals surface area contributed by atoms with E-state index in [1.165, 1.54) is 0 Å². The van der Waals surface area contributed by atoms with Gasteiger partial charge in [-0.25, -0.2) is 4.98 Å². The number of aromatic nitrogens is 4. The van der Waals surface area contributed by atoms with Crippen LogP contribution in [0.15, 0.2) is 110 Å². The van der Waals surface area contributed by atoms with E-state index in [1.807, 2.05) is 62.4 Å². The van der Waals surface area contributed by atoms with Gasteiger partial charge in [0, 0.05) is 67.9 Å². The van der Waals surface area contributed by atoms with E-state index in [-0.39, 0.29) is 21.1 Å².